The molecule has 12 heavy (non-hydrogen) atoms. The van der Waals surface area contributed by atoms with E-state index in [4.69, 9.17) is 5.21 Å². The van der Waals surface area contributed by atoms with E-state index >= 15 is 0 Å². The van der Waals surface area contributed by atoms with Gasteiger partial charge in [-0.3, -0.25) is 20.8 Å². The fourth-order valence-electron chi connectivity index (χ4n) is 0.887. The first-order valence-corrected chi connectivity index (χ1v) is 3.30. The Balaban J connectivity index is 3.21. The highest BCUT2D eigenvalue weighted by Gasteiger charge is 2.12. The average Bonchev–Trinajstić information content (AvgIpc) is 2.04. The van der Waals surface area contributed by atoms with Crippen molar-refractivity contribution in [1.82, 2.24) is 0 Å². The zero-order valence-corrected chi connectivity index (χ0v) is 6.44. The predicted octanol–water partition coefficient (Wildman–Crippen LogP) is 1.70. The van der Waals surface area contributed by atoms with Crippen molar-refractivity contribution in [2.24, 2.45) is 0 Å². The quantitative estimate of drug-likeness (QED) is 0.520. The lowest BCUT2D eigenvalue weighted by atomic mass is 10.2. The van der Waals surface area contributed by atoms with Crippen LogP contribution in [0.2, 0.25) is 0 Å². The molecule has 1 aromatic rings. The molecular weight excluding hydrogens is 160 g/mol. The molecule has 0 spiro atoms. The van der Waals surface area contributed by atoms with E-state index < -0.39 is 4.92 Å². The van der Waals surface area contributed by atoms with Crippen molar-refractivity contribution in [3.8, 4) is 0 Å². The molecule has 0 amide bonds. The van der Waals surface area contributed by atoms with Crippen LogP contribution in [0.3, 0.4) is 0 Å². The lowest BCUT2D eigenvalue weighted by Crippen LogP contribution is -1.96. The molecule has 2 N–H and O–H groups in total. The number of aryl methyl sites for hydroxylation is 1. The van der Waals surface area contributed by atoms with E-state index in [1.54, 1.807) is 18.5 Å². The van der Waals surface area contributed by atoms with Crippen molar-refractivity contribution in [1.29, 1.82) is 0 Å². The number of anilines is 1. The first-order chi connectivity index (χ1) is 5.65. The number of hydrogen-bond donors (Lipinski definition) is 2. The third-order valence-corrected chi connectivity index (χ3v) is 1.47. The Labute approximate surface area is 68.7 Å². The van der Waals surface area contributed by atoms with Crippen LogP contribution in [0.4, 0.5) is 11.4 Å². The van der Waals surface area contributed by atoms with Crippen molar-refractivity contribution in [3.05, 3.63) is 33.9 Å². The SMILES string of the molecule is Cc1ccc(NO)c([N+](=O)[O-])c1. The van der Waals surface area contributed by atoms with E-state index in [0.29, 0.717) is 0 Å². The van der Waals surface area contributed by atoms with Gasteiger partial charge >= 0.3 is 0 Å². The number of rotatable bonds is 2. The number of benzene rings is 1. The fourth-order valence-corrected chi connectivity index (χ4v) is 0.887. The van der Waals surface area contributed by atoms with Gasteiger partial charge in [-0.05, 0) is 18.6 Å². The molecule has 1 aromatic carbocycles. The fraction of sp³-hybridized carbons (Fsp3) is 0.143. The summed E-state index contributed by atoms with van der Waals surface area (Å²) in [6.45, 7) is 1.74. The van der Waals surface area contributed by atoms with Crippen molar-refractivity contribution in [2.45, 2.75) is 6.92 Å². The highest BCUT2D eigenvalue weighted by molar-refractivity contribution is 5.61. The van der Waals surface area contributed by atoms with Gasteiger partial charge in [-0.2, -0.15) is 0 Å². The highest BCUT2D eigenvalue weighted by Crippen LogP contribution is 2.24. The van der Waals surface area contributed by atoms with Crippen LogP contribution in [-0.4, -0.2) is 10.1 Å². The molecule has 0 aliphatic carbocycles. The van der Waals surface area contributed by atoms with E-state index in [0.717, 1.165) is 5.56 Å². The summed E-state index contributed by atoms with van der Waals surface area (Å²) in [7, 11) is 0. The molecule has 0 atom stereocenters. The second-order valence-corrected chi connectivity index (χ2v) is 2.39. The molecule has 0 bridgehead atoms. The summed E-state index contributed by atoms with van der Waals surface area (Å²) in [4.78, 5) is 9.84. The zero-order chi connectivity index (χ0) is 9.14. The molecule has 0 aliphatic heterocycles. The summed E-state index contributed by atoms with van der Waals surface area (Å²) in [5.41, 5.74) is 2.52. The Morgan fingerprint density at radius 2 is 2.25 bits per heavy atom. The maximum Gasteiger partial charge on any atom is 0.294 e. The topological polar surface area (TPSA) is 75.4 Å². The lowest BCUT2D eigenvalue weighted by Gasteiger charge is -2.00. The van der Waals surface area contributed by atoms with Gasteiger partial charge in [0.05, 0.1) is 4.92 Å². The van der Waals surface area contributed by atoms with Gasteiger partial charge in [0.1, 0.15) is 5.69 Å². The third kappa shape index (κ3) is 1.51. The Kier molecular flexibility index (Phi) is 2.25. The Morgan fingerprint density at radius 1 is 1.58 bits per heavy atom. The van der Waals surface area contributed by atoms with Crippen LogP contribution in [0.15, 0.2) is 18.2 Å². The summed E-state index contributed by atoms with van der Waals surface area (Å²) in [5.74, 6) is 0. The molecule has 0 heterocycles. The van der Waals surface area contributed by atoms with Crippen LogP contribution >= 0.6 is 0 Å². The number of nitro groups is 1. The van der Waals surface area contributed by atoms with Crippen LogP contribution in [0, 0.1) is 17.0 Å². The van der Waals surface area contributed by atoms with Crippen LogP contribution in [0.25, 0.3) is 0 Å². The van der Waals surface area contributed by atoms with Crippen LogP contribution in [0.5, 0.6) is 0 Å². The number of nitrogens with zero attached hydrogens (tertiary/aromatic N) is 1. The van der Waals surface area contributed by atoms with Gasteiger partial charge in [-0.15, -0.1) is 0 Å². The summed E-state index contributed by atoms with van der Waals surface area (Å²) < 4.78 is 0. The molecular formula is C7H8N2O3. The van der Waals surface area contributed by atoms with E-state index in [1.807, 2.05) is 0 Å². The minimum Gasteiger partial charge on any atom is -0.291 e. The molecule has 0 fully saturated rings. The van der Waals surface area contributed by atoms with Gasteiger partial charge in [0, 0.05) is 6.07 Å². The summed E-state index contributed by atoms with van der Waals surface area (Å²) in [6, 6.07) is 4.51. The summed E-state index contributed by atoms with van der Waals surface area (Å²) >= 11 is 0. The maximum absolute atomic E-state index is 10.4. The Morgan fingerprint density at radius 3 is 2.75 bits per heavy atom. The van der Waals surface area contributed by atoms with Gasteiger partial charge in [0.25, 0.3) is 5.69 Å². The largest absolute Gasteiger partial charge is 0.294 e. The average molecular weight is 168 g/mol. The molecule has 64 valence electrons. The predicted molar refractivity (Wildman–Crippen MR) is 43.2 cm³/mol. The monoisotopic (exact) mass is 168 g/mol. The first-order valence-electron chi connectivity index (χ1n) is 3.30. The highest BCUT2D eigenvalue weighted by atomic mass is 16.6. The van der Waals surface area contributed by atoms with E-state index in [-0.39, 0.29) is 11.4 Å². The van der Waals surface area contributed by atoms with Gasteiger partial charge in [0.15, 0.2) is 0 Å². The second-order valence-electron chi connectivity index (χ2n) is 2.39. The van der Waals surface area contributed by atoms with Crippen LogP contribution in [-0.2, 0) is 0 Å². The third-order valence-electron chi connectivity index (χ3n) is 1.47. The second kappa shape index (κ2) is 3.19. The van der Waals surface area contributed by atoms with Crippen molar-refractivity contribution in [3.63, 3.8) is 0 Å². The van der Waals surface area contributed by atoms with Crippen molar-refractivity contribution >= 4 is 11.4 Å². The van der Waals surface area contributed by atoms with E-state index in [2.05, 4.69) is 0 Å². The minimum atomic E-state index is -0.550. The smallest absolute Gasteiger partial charge is 0.291 e. The maximum atomic E-state index is 10.4. The molecule has 0 unspecified atom stereocenters. The number of nitro benzene ring substituents is 1. The number of hydrogen-bond acceptors (Lipinski definition) is 4. The van der Waals surface area contributed by atoms with Gasteiger partial charge in [-0.1, -0.05) is 6.07 Å². The standard InChI is InChI=1S/C7H8N2O3/c1-5-2-3-6(8-10)7(4-5)9(11)12/h2-4,8,10H,1H3. The van der Waals surface area contributed by atoms with E-state index in [9.17, 15) is 10.1 Å². The normalized spacial score (nSPS) is 9.50. The molecule has 0 saturated carbocycles. The molecule has 5 nitrogen and oxygen atoms in total. The minimum absolute atomic E-state index is 0.102. The molecule has 5 heteroatoms. The summed E-state index contributed by atoms with van der Waals surface area (Å²) in [6.07, 6.45) is 0. The molecule has 0 radical (unpaired) electrons. The van der Waals surface area contributed by atoms with Gasteiger partial charge in [-0.25, -0.2) is 0 Å². The van der Waals surface area contributed by atoms with Gasteiger partial charge in [0.2, 0.25) is 0 Å². The van der Waals surface area contributed by atoms with E-state index in [1.165, 1.54) is 12.1 Å². The van der Waals surface area contributed by atoms with Gasteiger partial charge < -0.3 is 0 Å². The van der Waals surface area contributed by atoms with Crippen molar-refractivity contribution in [2.75, 3.05) is 5.48 Å². The number of nitrogens with one attached hydrogen (secondary N) is 1. The molecule has 0 aliphatic rings. The summed E-state index contributed by atoms with van der Waals surface area (Å²) in [5, 5.41) is 18.9. The molecule has 0 aromatic heterocycles. The van der Waals surface area contributed by atoms with Crippen molar-refractivity contribution < 1.29 is 10.1 Å². The van der Waals surface area contributed by atoms with Crippen LogP contribution in [0.1, 0.15) is 5.56 Å². The zero-order valence-electron chi connectivity index (χ0n) is 6.44. The Hall–Kier alpha value is -1.62. The molecule has 1 rings (SSSR count). The van der Waals surface area contributed by atoms with Crippen LogP contribution < -0.4 is 5.48 Å². The first kappa shape index (κ1) is 8.48. The lowest BCUT2D eigenvalue weighted by molar-refractivity contribution is -0.384. The molecule has 0 saturated heterocycles. The Bertz CT molecular complexity index is 312.